The van der Waals surface area contributed by atoms with Crippen molar-refractivity contribution in [3.8, 4) is 17.2 Å². The van der Waals surface area contributed by atoms with Crippen LogP contribution in [0.5, 0.6) is 17.2 Å². The van der Waals surface area contributed by atoms with E-state index >= 15 is 0 Å². The Morgan fingerprint density at radius 1 is 1.25 bits per heavy atom. The highest BCUT2D eigenvalue weighted by Crippen LogP contribution is 2.51. The zero-order chi connectivity index (χ0) is 22.5. The molecule has 0 bridgehead atoms. The minimum absolute atomic E-state index is 0.0386. The predicted octanol–water partition coefficient (Wildman–Crippen LogP) is 3.07. The van der Waals surface area contributed by atoms with Crippen LogP contribution in [-0.2, 0) is 29.4 Å². The number of halogens is 1. The summed E-state index contributed by atoms with van der Waals surface area (Å²) >= 11 is 6.13. The second-order valence-corrected chi connectivity index (χ2v) is 10.2. The Morgan fingerprint density at radius 2 is 2.06 bits per heavy atom. The quantitative estimate of drug-likeness (QED) is 0.567. The lowest BCUT2D eigenvalue weighted by atomic mass is 9.97. The summed E-state index contributed by atoms with van der Waals surface area (Å²) in [5.41, 5.74) is 3.52. The molecule has 0 amide bonds. The molecule has 3 aromatic rings. The van der Waals surface area contributed by atoms with E-state index in [0.29, 0.717) is 35.9 Å². The molecule has 0 unspecified atom stereocenters. The average Bonchev–Trinajstić information content (AvgIpc) is 3.38. The van der Waals surface area contributed by atoms with Crippen LogP contribution in [0.15, 0.2) is 29.3 Å². The van der Waals surface area contributed by atoms with Crippen LogP contribution in [0.2, 0.25) is 5.02 Å². The third-order valence-electron chi connectivity index (χ3n) is 6.00. The van der Waals surface area contributed by atoms with Crippen molar-refractivity contribution in [1.82, 2.24) is 14.6 Å². The number of nitrogens with one attached hydrogen (secondary N) is 2. The fraction of sp³-hybridized carbons (Fsp3) is 0.364. The molecule has 0 saturated heterocycles. The molecule has 0 atom stereocenters. The van der Waals surface area contributed by atoms with Crippen molar-refractivity contribution >= 4 is 32.5 Å². The standard InChI is InChI=1S/C22H24ClN3O5S/c1-26-8-6-15-17(11-26)19(29-2)20-21(31-12-30-20)22(15)32(27,28)25-7-5-13-10-24-18-4-3-14(23)9-16(13)18/h3-4,9-10,24-25H,5-8,11-12H2,1-2H3. The number of hydrogen-bond donors (Lipinski definition) is 2. The largest absolute Gasteiger partial charge is 0.492 e. The first-order valence-electron chi connectivity index (χ1n) is 10.3. The average molecular weight is 478 g/mol. The summed E-state index contributed by atoms with van der Waals surface area (Å²) in [6.07, 6.45) is 2.98. The minimum atomic E-state index is -3.85. The van der Waals surface area contributed by atoms with Crippen molar-refractivity contribution in [1.29, 1.82) is 0 Å². The molecule has 32 heavy (non-hydrogen) atoms. The van der Waals surface area contributed by atoms with Gasteiger partial charge in [0.15, 0.2) is 11.5 Å². The third-order valence-corrected chi connectivity index (χ3v) is 7.79. The van der Waals surface area contributed by atoms with Crippen molar-refractivity contribution in [3.63, 3.8) is 0 Å². The van der Waals surface area contributed by atoms with Crippen LogP contribution in [0.4, 0.5) is 0 Å². The van der Waals surface area contributed by atoms with Gasteiger partial charge in [-0.05, 0) is 49.2 Å². The topological polar surface area (TPSA) is 92.9 Å². The number of H-pyrrole nitrogens is 1. The Kier molecular flexibility index (Phi) is 5.45. The summed E-state index contributed by atoms with van der Waals surface area (Å²) in [7, 11) is -0.295. The van der Waals surface area contributed by atoms with Gasteiger partial charge < -0.3 is 24.1 Å². The van der Waals surface area contributed by atoms with E-state index < -0.39 is 10.0 Å². The van der Waals surface area contributed by atoms with Crippen molar-refractivity contribution in [2.45, 2.75) is 24.3 Å². The Bertz CT molecular complexity index is 1300. The maximum Gasteiger partial charge on any atom is 0.244 e. The summed E-state index contributed by atoms with van der Waals surface area (Å²) in [6.45, 7) is 1.52. The number of hydrogen-bond acceptors (Lipinski definition) is 6. The first-order chi connectivity index (χ1) is 15.4. The molecular formula is C22H24ClN3O5S. The van der Waals surface area contributed by atoms with E-state index in [2.05, 4.69) is 14.6 Å². The highest BCUT2D eigenvalue weighted by molar-refractivity contribution is 7.89. The summed E-state index contributed by atoms with van der Waals surface area (Å²) in [6, 6.07) is 5.61. The van der Waals surface area contributed by atoms with Crippen LogP contribution < -0.4 is 18.9 Å². The lowest BCUT2D eigenvalue weighted by Crippen LogP contribution is -2.32. The lowest BCUT2D eigenvalue weighted by Gasteiger charge is -2.29. The molecule has 170 valence electrons. The number of aromatic nitrogens is 1. The molecule has 0 spiro atoms. The molecule has 5 rings (SSSR count). The van der Waals surface area contributed by atoms with E-state index in [-0.39, 0.29) is 24.0 Å². The monoisotopic (exact) mass is 477 g/mol. The van der Waals surface area contributed by atoms with Gasteiger partial charge in [-0.3, -0.25) is 0 Å². The molecule has 2 aliphatic heterocycles. The van der Waals surface area contributed by atoms with Gasteiger partial charge in [0, 0.05) is 47.3 Å². The summed E-state index contributed by atoms with van der Waals surface area (Å²) in [5, 5.41) is 1.63. The number of rotatable bonds is 6. The molecule has 0 radical (unpaired) electrons. The number of fused-ring (bicyclic) bond motifs is 3. The van der Waals surface area contributed by atoms with Gasteiger partial charge in [-0.25, -0.2) is 13.1 Å². The molecular weight excluding hydrogens is 454 g/mol. The highest BCUT2D eigenvalue weighted by atomic mass is 35.5. The number of methoxy groups -OCH3 is 1. The third kappa shape index (κ3) is 3.59. The molecule has 2 N–H and O–H groups in total. The van der Waals surface area contributed by atoms with Gasteiger partial charge in [0.2, 0.25) is 22.6 Å². The van der Waals surface area contributed by atoms with Crippen LogP contribution in [0.25, 0.3) is 10.9 Å². The van der Waals surface area contributed by atoms with Gasteiger partial charge in [0.05, 0.1) is 7.11 Å². The van der Waals surface area contributed by atoms with Crippen LogP contribution in [0.1, 0.15) is 16.7 Å². The second-order valence-electron chi connectivity index (χ2n) is 8.02. The van der Waals surface area contributed by atoms with Gasteiger partial charge in [0.25, 0.3) is 0 Å². The molecule has 0 aliphatic carbocycles. The van der Waals surface area contributed by atoms with Gasteiger partial charge in [-0.2, -0.15) is 0 Å². The van der Waals surface area contributed by atoms with E-state index in [9.17, 15) is 8.42 Å². The van der Waals surface area contributed by atoms with Crippen molar-refractivity contribution < 1.29 is 22.6 Å². The number of benzene rings is 2. The fourth-order valence-electron chi connectivity index (χ4n) is 4.50. The van der Waals surface area contributed by atoms with Crippen LogP contribution in [-0.4, -0.2) is 52.3 Å². The summed E-state index contributed by atoms with van der Waals surface area (Å²) < 4.78 is 46.5. The van der Waals surface area contributed by atoms with Crippen LogP contribution in [0.3, 0.4) is 0 Å². The lowest BCUT2D eigenvalue weighted by molar-refractivity contribution is 0.169. The number of likely N-dealkylation sites (N-methyl/N-ethyl adjacent to an activating group) is 1. The molecule has 10 heteroatoms. The first kappa shape index (κ1) is 21.4. The van der Waals surface area contributed by atoms with Gasteiger partial charge in [-0.15, -0.1) is 0 Å². The number of nitrogens with zero attached hydrogens (tertiary/aromatic N) is 1. The first-order valence-corrected chi connectivity index (χ1v) is 12.2. The van der Waals surface area contributed by atoms with Gasteiger partial charge in [0.1, 0.15) is 4.90 Å². The van der Waals surface area contributed by atoms with Crippen LogP contribution >= 0.6 is 11.6 Å². The molecule has 2 aromatic carbocycles. The summed E-state index contributed by atoms with van der Waals surface area (Å²) in [5.74, 6) is 1.14. The van der Waals surface area contributed by atoms with E-state index in [4.69, 9.17) is 25.8 Å². The van der Waals surface area contributed by atoms with E-state index in [1.807, 2.05) is 31.4 Å². The smallest absolute Gasteiger partial charge is 0.244 e. The Labute approximate surface area is 191 Å². The van der Waals surface area contributed by atoms with Crippen molar-refractivity contribution in [2.75, 3.05) is 34.0 Å². The normalized spacial score (nSPS) is 15.8. The SMILES string of the molecule is COc1c2c(c(S(=O)(=O)NCCc3c[nH]c4ccc(Cl)cc34)c3c1OCO3)CCN(C)C2. The van der Waals surface area contributed by atoms with Crippen LogP contribution in [0, 0.1) is 0 Å². The van der Waals surface area contributed by atoms with E-state index in [1.54, 1.807) is 7.11 Å². The number of sulfonamides is 1. The Hall–Kier alpha value is -2.46. The van der Waals surface area contributed by atoms with Crippen molar-refractivity contribution in [2.24, 2.45) is 0 Å². The minimum Gasteiger partial charge on any atom is -0.492 e. The van der Waals surface area contributed by atoms with Gasteiger partial charge in [-0.1, -0.05) is 11.6 Å². The molecule has 0 fully saturated rings. The maximum absolute atomic E-state index is 13.5. The second kappa shape index (κ2) is 8.15. The Morgan fingerprint density at radius 3 is 2.88 bits per heavy atom. The number of ether oxygens (including phenoxy) is 3. The van der Waals surface area contributed by atoms with E-state index in [0.717, 1.165) is 34.1 Å². The maximum atomic E-state index is 13.5. The zero-order valence-corrected chi connectivity index (χ0v) is 19.4. The fourth-order valence-corrected chi connectivity index (χ4v) is 6.13. The zero-order valence-electron chi connectivity index (χ0n) is 17.8. The number of aromatic amines is 1. The molecule has 2 aliphatic rings. The summed E-state index contributed by atoms with van der Waals surface area (Å²) in [4.78, 5) is 5.48. The molecule has 0 saturated carbocycles. The molecule has 3 heterocycles. The Balaban J connectivity index is 1.47. The predicted molar refractivity (Wildman–Crippen MR) is 121 cm³/mol. The highest BCUT2D eigenvalue weighted by Gasteiger charge is 2.37. The van der Waals surface area contributed by atoms with Crippen molar-refractivity contribution in [3.05, 3.63) is 46.1 Å². The van der Waals surface area contributed by atoms with E-state index in [1.165, 1.54) is 0 Å². The molecule has 8 nitrogen and oxygen atoms in total. The molecule has 1 aromatic heterocycles. The van der Waals surface area contributed by atoms with Gasteiger partial charge >= 0.3 is 0 Å².